The number of pyridine rings is 2. The van der Waals surface area contributed by atoms with Crippen molar-refractivity contribution in [3.05, 3.63) is 53.0 Å². The molecule has 2 N–H and O–H groups in total. The van der Waals surface area contributed by atoms with Crippen LogP contribution in [-0.2, 0) is 19.4 Å². The Labute approximate surface area is 146 Å². The first kappa shape index (κ1) is 16.0. The summed E-state index contributed by atoms with van der Waals surface area (Å²) in [6, 6.07) is 8.17. The van der Waals surface area contributed by atoms with Crippen LogP contribution < -0.4 is 5.32 Å². The number of nitrogens with one attached hydrogen (secondary N) is 1. The average Bonchev–Trinajstić information content (AvgIpc) is 3.43. The third-order valence-corrected chi connectivity index (χ3v) is 4.81. The molecule has 2 aromatic rings. The molecule has 2 aromatic heterocycles. The lowest BCUT2D eigenvalue weighted by molar-refractivity contribution is 0.0697. The third-order valence-electron chi connectivity index (χ3n) is 4.81. The molecule has 3 heterocycles. The number of anilines is 1. The number of rotatable bonds is 5. The molecule has 1 aliphatic heterocycles. The predicted octanol–water partition coefficient (Wildman–Crippen LogP) is 2.35. The lowest BCUT2D eigenvalue weighted by atomic mass is 10.1. The van der Waals surface area contributed by atoms with Crippen LogP contribution in [0.3, 0.4) is 0 Å². The number of aromatic nitrogens is 2. The minimum absolute atomic E-state index is 0.295. The maximum Gasteiger partial charge on any atom is 0.339 e. The molecule has 6 nitrogen and oxygen atoms in total. The molecule has 1 fully saturated rings. The minimum Gasteiger partial charge on any atom is -0.478 e. The fraction of sp³-hybridized carbons (Fsp3) is 0.421. The van der Waals surface area contributed by atoms with Gasteiger partial charge in [-0.2, -0.15) is 0 Å². The first-order valence-electron chi connectivity index (χ1n) is 8.84. The molecule has 1 aliphatic carbocycles. The Morgan fingerprint density at radius 2 is 2.12 bits per heavy atom. The zero-order valence-corrected chi connectivity index (χ0v) is 14.1. The Bertz CT molecular complexity index is 774. The summed E-state index contributed by atoms with van der Waals surface area (Å²) in [5.41, 5.74) is 3.44. The number of aromatic carboxylic acids is 1. The zero-order chi connectivity index (χ0) is 17.2. The van der Waals surface area contributed by atoms with Crippen LogP contribution in [-0.4, -0.2) is 45.1 Å². The molecule has 0 saturated heterocycles. The van der Waals surface area contributed by atoms with E-state index in [-0.39, 0.29) is 0 Å². The molecule has 130 valence electrons. The standard InChI is InChI=1S/C19H22N4O2/c24-19(25)16-11-13-6-9-23(12-15-3-1-2-8-20-15)10-7-17(13)22-18(16)21-14-4-5-14/h1-3,8,11,14H,4-7,9-10,12H2,(H,21,22)(H,24,25). The number of carbonyl (C=O) groups is 1. The van der Waals surface area contributed by atoms with Gasteiger partial charge in [0.05, 0.1) is 5.69 Å². The molecular weight excluding hydrogens is 316 g/mol. The number of hydrogen-bond donors (Lipinski definition) is 2. The monoisotopic (exact) mass is 338 g/mol. The van der Waals surface area contributed by atoms with Crippen LogP contribution in [0.5, 0.6) is 0 Å². The average molecular weight is 338 g/mol. The molecule has 4 rings (SSSR count). The lowest BCUT2D eigenvalue weighted by Crippen LogP contribution is -2.26. The van der Waals surface area contributed by atoms with Gasteiger partial charge in [0, 0.05) is 44.0 Å². The van der Waals surface area contributed by atoms with Gasteiger partial charge in [0.25, 0.3) is 0 Å². The summed E-state index contributed by atoms with van der Waals surface area (Å²) in [5, 5.41) is 12.8. The quantitative estimate of drug-likeness (QED) is 0.871. The highest BCUT2D eigenvalue weighted by Crippen LogP contribution is 2.28. The van der Waals surface area contributed by atoms with Gasteiger partial charge in [-0.25, -0.2) is 9.78 Å². The first-order valence-corrected chi connectivity index (χ1v) is 8.84. The predicted molar refractivity (Wildman–Crippen MR) is 94.8 cm³/mol. The summed E-state index contributed by atoms with van der Waals surface area (Å²) >= 11 is 0. The molecule has 2 aliphatic rings. The van der Waals surface area contributed by atoms with Crippen molar-refractivity contribution in [3.63, 3.8) is 0 Å². The van der Waals surface area contributed by atoms with Gasteiger partial charge < -0.3 is 10.4 Å². The normalized spacial score (nSPS) is 17.6. The van der Waals surface area contributed by atoms with E-state index in [1.807, 2.05) is 30.5 Å². The smallest absolute Gasteiger partial charge is 0.339 e. The second-order valence-corrected chi connectivity index (χ2v) is 6.81. The first-order chi connectivity index (χ1) is 12.2. The van der Waals surface area contributed by atoms with Crippen molar-refractivity contribution in [2.24, 2.45) is 0 Å². The van der Waals surface area contributed by atoms with E-state index >= 15 is 0 Å². The van der Waals surface area contributed by atoms with E-state index in [0.29, 0.717) is 17.4 Å². The van der Waals surface area contributed by atoms with Crippen LogP contribution >= 0.6 is 0 Å². The summed E-state index contributed by atoms with van der Waals surface area (Å²) in [6.07, 6.45) is 5.66. The topological polar surface area (TPSA) is 78.3 Å². The number of carboxylic acid groups (broad SMARTS) is 1. The zero-order valence-electron chi connectivity index (χ0n) is 14.1. The molecule has 0 unspecified atom stereocenters. The van der Waals surface area contributed by atoms with Crippen molar-refractivity contribution in [1.29, 1.82) is 0 Å². The Morgan fingerprint density at radius 3 is 2.84 bits per heavy atom. The van der Waals surface area contributed by atoms with Crippen molar-refractivity contribution < 1.29 is 9.90 Å². The molecule has 0 amide bonds. The molecule has 0 atom stereocenters. The largest absolute Gasteiger partial charge is 0.478 e. The van der Waals surface area contributed by atoms with Crippen LogP contribution in [0.25, 0.3) is 0 Å². The van der Waals surface area contributed by atoms with E-state index in [1.54, 1.807) is 0 Å². The van der Waals surface area contributed by atoms with E-state index in [0.717, 1.165) is 62.3 Å². The van der Waals surface area contributed by atoms with Gasteiger partial charge in [0.1, 0.15) is 11.4 Å². The molecule has 6 heteroatoms. The molecule has 25 heavy (non-hydrogen) atoms. The van der Waals surface area contributed by atoms with E-state index in [4.69, 9.17) is 0 Å². The van der Waals surface area contributed by atoms with Gasteiger partial charge in [0.15, 0.2) is 0 Å². The fourth-order valence-corrected chi connectivity index (χ4v) is 3.25. The van der Waals surface area contributed by atoms with Gasteiger partial charge >= 0.3 is 5.97 Å². The van der Waals surface area contributed by atoms with E-state index in [2.05, 4.69) is 20.2 Å². The molecule has 0 bridgehead atoms. The summed E-state index contributed by atoms with van der Waals surface area (Å²) < 4.78 is 0. The molecular formula is C19H22N4O2. The molecule has 1 saturated carbocycles. The summed E-state index contributed by atoms with van der Waals surface area (Å²) in [7, 11) is 0. The van der Waals surface area contributed by atoms with Gasteiger partial charge in [-0.15, -0.1) is 0 Å². The Morgan fingerprint density at radius 1 is 1.28 bits per heavy atom. The summed E-state index contributed by atoms with van der Waals surface area (Å²) in [5.74, 6) is -0.375. The summed E-state index contributed by atoms with van der Waals surface area (Å²) in [6.45, 7) is 2.61. The van der Waals surface area contributed by atoms with Crippen molar-refractivity contribution in [2.75, 3.05) is 18.4 Å². The van der Waals surface area contributed by atoms with Gasteiger partial charge in [-0.3, -0.25) is 9.88 Å². The van der Waals surface area contributed by atoms with E-state index in [1.165, 1.54) is 0 Å². The molecule has 0 radical (unpaired) electrons. The Hall–Kier alpha value is -2.47. The van der Waals surface area contributed by atoms with E-state index < -0.39 is 5.97 Å². The van der Waals surface area contributed by atoms with Gasteiger partial charge in [0.2, 0.25) is 0 Å². The van der Waals surface area contributed by atoms with Crippen LogP contribution in [0.4, 0.5) is 5.82 Å². The third kappa shape index (κ3) is 3.79. The van der Waals surface area contributed by atoms with Crippen molar-refractivity contribution >= 4 is 11.8 Å². The molecule has 0 spiro atoms. The second kappa shape index (κ2) is 6.80. The van der Waals surface area contributed by atoms with Crippen LogP contribution in [0.2, 0.25) is 0 Å². The highest BCUT2D eigenvalue weighted by molar-refractivity contribution is 5.93. The number of fused-ring (bicyclic) bond motifs is 1. The van der Waals surface area contributed by atoms with Crippen molar-refractivity contribution in [1.82, 2.24) is 14.9 Å². The maximum atomic E-state index is 11.6. The number of hydrogen-bond acceptors (Lipinski definition) is 5. The van der Waals surface area contributed by atoms with Gasteiger partial charge in [-0.05, 0) is 43.0 Å². The SMILES string of the molecule is O=C(O)c1cc2c(nc1NC1CC1)CCN(Cc1ccccn1)CC2. The highest BCUT2D eigenvalue weighted by atomic mass is 16.4. The second-order valence-electron chi connectivity index (χ2n) is 6.81. The van der Waals surface area contributed by atoms with Crippen LogP contribution in [0, 0.1) is 0 Å². The van der Waals surface area contributed by atoms with Crippen molar-refractivity contribution in [2.45, 2.75) is 38.3 Å². The Kier molecular flexibility index (Phi) is 4.36. The lowest BCUT2D eigenvalue weighted by Gasteiger charge is -2.18. The fourth-order valence-electron chi connectivity index (χ4n) is 3.25. The molecule has 0 aromatic carbocycles. The van der Waals surface area contributed by atoms with Gasteiger partial charge in [-0.1, -0.05) is 6.07 Å². The van der Waals surface area contributed by atoms with E-state index in [9.17, 15) is 9.90 Å². The highest BCUT2D eigenvalue weighted by Gasteiger charge is 2.26. The summed E-state index contributed by atoms with van der Waals surface area (Å²) in [4.78, 5) is 23.0. The number of carboxylic acids is 1. The number of nitrogens with zero attached hydrogens (tertiary/aromatic N) is 3. The van der Waals surface area contributed by atoms with Crippen LogP contribution in [0.1, 0.15) is 40.2 Å². The minimum atomic E-state index is -0.909. The van der Waals surface area contributed by atoms with Crippen LogP contribution in [0.15, 0.2) is 30.5 Å². The maximum absolute atomic E-state index is 11.6. The Balaban J connectivity index is 1.53. The van der Waals surface area contributed by atoms with Crippen molar-refractivity contribution in [3.8, 4) is 0 Å².